The van der Waals surface area contributed by atoms with Gasteiger partial charge in [0, 0.05) is 6.08 Å². The number of sulfone groups is 1. The van der Waals surface area contributed by atoms with Crippen LogP contribution in [-0.2, 0) is 19.4 Å². The first-order chi connectivity index (χ1) is 7.48. The topological polar surface area (TPSA) is 60.4 Å². The Morgan fingerprint density at radius 1 is 1.38 bits per heavy atom. The molecule has 0 aliphatic rings. The van der Waals surface area contributed by atoms with Crippen molar-refractivity contribution >= 4 is 15.8 Å². The first-order valence-electron chi connectivity index (χ1n) is 4.60. The van der Waals surface area contributed by atoms with Crippen LogP contribution in [0, 0.1) is 0 Å². The van der Waals surface area contributed by atoms with E-state index in [-0.39, 0.29) is 4.90 Å². The fraction of sp³-hybridized carbons (Fsp3) is 0.182. The van der Waals surface area contributed by atoms with Crippen molar-refractivity contribution in [2.24, 2.45) is 0 Å². The Balaban J connectivity index is 2.95. The van der Waals surface area contributed by atoms with Crippen molar-refractivity contribution in [2.75, 3.05) is 0 Å². The summed E-state index contributed by atoms with van der Waals surface area (Å²) in [7, 11) is -3.63. The highest BCUT2D eigenvalue weighted by Gasteiger charge is 2.25. The Morgan fingerprint density at radius 3 is 2.44 bits per heavy atom. The molecule has 0 N–H and O–H groups in total. The minimum atomic E-state index is -3.63. The lowest BCUT2D eigenvalue weighted by Gasteiger charge is -2.12. The summed E-state index contributed by atoms with van der Waals surface area (Å²) in [6.07, 6.45) is 0.928. The van der Waals surface area contributed by atoms with Gasteiger partial charge >= 0.3 is 5.97 Å². The van der Waals surface area contributed by atoms with Crippen molar-refractivity contribution in [3.63, 3.8) is 0 Å². The van der Waals surface area contributed by atoms with Crippen LogP contribution in [-0.4, -0.2) is 19.8 Å². The van der Waals surface area contributed by atoms with E-state index in [4.69, 9.17) is 0 Å². The number of ether oxygens (including phenoxy) is 1. The molecule has 0 saturated heterocycles. The van der Waals surface area contributed by atoms with Crippen molar-refractivity contribution in [1.29, 1.82) is 0 Å². The third kappa shape index (κ3) is 2.70. The number of esters is 1. The second-order valence-corrected chi connectivity index (χ2v) is 5.29. The molecular formula is C11H12O4S. The number of carbonyl (C=O) groups excluding carboxylic acids is 1. The molecule has 1 aromatic rings. The van der Waals surface area contributed by atoms with Gasteiger partial charge in [0.25, 0.3) is 0 Å². The molecule has 0 aliphatic heterocycles. The highest BCUT2D eigenvalue weighted by molar-refractivity contribution is 7.91. The molecule has 0 bridgehead atoms. The summed E-state index contributed by atoms with van der Waals surface area (Å²) >= 11 is 0. The summed E-state index contributed by atoms with van der Waals surface area (Å²) in [5.74, 6) is -0.757. The van der Waals surface area contributed by atoms with Gasteiger partial charge < -0.3 is 4.74 Å². The average molecular weight is 240 g/mol. The van der Waals surface area contributed by atoms with Crippen LogP contribution >= 0.6 is 0 Å². The Bertz CT molecular complexity index is 476. The number of hydrogen-bond donors (Lipinski definition) is 0. The van der Waals surface area contributed by atoms with Gasteiger partial charge in [-0.05, 0) is 19.1 Å². The smallest absolute Gasteiger partial charge is 0.331 e. The Hall–Kier alpha value is -1.62. The summed E-state index contributed by atoms with van der Waals surface area (Å²) in [5.41, 5.74) is -1.22. The molecule has 0 amide bonds. The van der Waals surface area contributed by atoms with Gasteiger partial charge in [-0.3, -0.25) is 0 Å². The van der Waals surface area contributed by atoms with Gasteiger partial charge in [0.15, 0.2) is 0 Å². The molecule has 0 spiro atoms. The fourth-order valence-electron chi connectivity index (χ4n) is 1.08. The lowest BCUT2D eigenvalue weighted by molar-refractivity contribution is -0.138. The molecule has 0 fully saturated rings. The summed E-state index contributed by atoms with van der Waals surface area (Å²) in [6, 6.07) is 7.82. The van der Waals surface area contributed by atoms with Crippen LogP contribution in [0.3, 0.4) is 0 Å². The van der Waals surface area contributed by atoms with Crippen LogP contribution in [0.2, 0.25) is 0 Å². The van der Waals surface area contributed by atoms with E-state index in [0.29, 0.717) is 0 Å². The first kappa shape index (κ1) is 12.4. The molecule has 16 heavy (non-hydrogen) atoms. The third-order valence-corrected chi connectivity index (χ3v) is 3.86. The van der Waals surface area contributed by atoms with Crippen LogP contribution in [0.5, 0.6) is 0 Å². The van der Waals surface area contributed by atoms with Crippen LogP contribution in [0.15, 0.2) is 47.9 Å². The lowest BCUT2D eigenvalue weighted by atomic mass is 10.4. The maximum absolute atomic E-state index is 11.9. The Labute approximate surface area is 94.5 Å². The SMILES string of the molecule is C=CC(=O)OC(C)S(=O)(=O)c1ccccc1. The first-order valence-corrected chi connectivity index (χ1v) is 6.15. The van der Waals surface area contributed by atoms with E-state index in [9.17, 15) is 13.2 Å². The summed E-state index contributed by atoms with van der Waals surface area (Å²) in [6.45, 7) is 4.51. The van der Waals surface area contributed by atoms with Crippen molar-refractivity contribution in [2.45, 2.75) is 17.3 Å². The molecule has 1 aromatic carbocycles. The van der Waals surface area contributed by atoms with Crippen LogP contribution in [0.25, 0.3) is 0 Å². The highest BCUT2D eigenvalue weighted by atomic mass is 32.2. The molecular weight excluding hydrogens is 228 g/mol. The summed E-state index contributed by atoms with van der Waals surface area (Å²) < 4.78 is 28.4. The largest absolute Gasteiger partial charge is 0.443 e. The van der Waals surface area contributed by atoms with Gasteiger partial charge in [0.05, 0.1) is 4.90 Å². The normalized spacial score (nSPS) is 12.8. The second kappa shape index (κ2) is 4.94. The Morgan fingerprint density at radius 2 is 1.94 bits per heavy atom. The molecule has 0 saturated carbocycles. The third-order valence-electron chi connectivity index (χ3n) is 1.96. The van der Waals surface area contributed by atoms with Crippen molar-refractivity contribution in [1.82, 2.24) is 0 Å². The predicted molar refractivity (Wildman–Crippen MR) is 59.4 cm³/mol. The standard InChI is InChI=1S/C11H12O4S/c1-3-11(12)15-9(2)16(13,14)10-7-5-4-6-8-10/h3-9H,1H2,2H3. The molecule has 1 rings (SSSR count). The van der Waals surface area contributed by atoms with E-state index in [0.717, 1.165) is 6.08 Å². The number of rotatable bonds is 4. The minimum absolute atomic E-state index is 0.124. The van der Waals surface area contributed by atoms with E-state index in [2.05, 4.69) is 11.3 Å². The molecule has 86 valence electrons. The van der Waals surface area contributed by atoms with Gasteiger partial charge in [0.2, 0.25) is 15.3 Å². The monoisotopic (exact) mass is 240 g/mol. The molecule has 0 aliphatic carbocycles. The van der Waals surface area contributed by atoms with Gasteiger partial charge in [0.1, 0.15) is 0 Å². The van der Waals surface area contributed by atoms with E-state index < -0.39 is 21.2 Å². The zero-order valence-corrected chi connectivity index (χ0v) is 9.61. The molecule has 1 atom stereocenters. The maximum atomic E-state index is 11.9. The number of carbonyl (C=O) groups is 1. The zero-order valence-electron chi connectivity index (χ0n) is 8.79. The minimum Gasteiger partial charge on any atom is -0.443 e. The van der Waals surface area contributed by atoms with E-state index >= 15 is 0 Å². The van der Waals surface area contributed by atoms with Crippen LogP contribution in [0.1, 0.15) is 6.92 Å². The van der Waals surface area contributed by atoms with Gasteiger partial charge in [-0.15, -0.1) is 0 Å². The van der Waals surface area contributed by atoms with Gasteiger partial charge in [-0.1, -0.05) is 24.8 Å². The van der Waals surface area contributed by atoms with E-state index in [1.807, 2.05) is 0 Å². The van der Waals surface area contributed by atoms with E-state index in [1.165, 1.54) is 19.1 Å². The van der Waals surface area contributed by atoms with Gasteiger partial charge in [-0.25, -0.2) is 13.2 Å². The van der Waals surface area contributed by atoms with E-state index in [1.54, 1.807) is 18.2 Å². The van der Waals surface area contributed by atoms with Crippen LogP contribution < -0.4 is 0 Å². The molecule has 1 unspecified atom stereocenters. The molecule has 5 heteroatoms. The Kier molecular flexibility index (Phi) is 3.84. The summed E-state index contributed by atoms with van der Waals surface area (Å²) in [4.78, 5) is 11.0. The van der Waals surface area contributed by atoms with Gasteiger partial charge in [-0.2, -0.15) is 0 Å². The molecule has 0 heterocycles. The average Bonchev–Trinajstić information content (AvgIpc) is 2.29. The number of benzene rings is 1. The molecule has 0 aromatic heterocycles. The maximum Gasteiger partial charge on any atom is 0.331 e. The number of hydrogen-bond acceptors (Lipinski definition) is 4. The highest BCUT2D eigenvalue weighted by Crippen LogP contribution is 2.16. The lowest BCUT2D eigenvalue weighted by Crippen LogP contribution is -2.23. The second-order valence-electron chi connectivity index (χ2n) is 3.07. The van der Waals surface area contributed by atoms with Crippen molar-refractivity contribution in [3.05, 3.63) is 43.0 Å². The van der Waals surface area contributed by atoms with Crippen molar-refractivity contribution < 1.29 is 17.9 Å². The van der Waals surface area contributed by atoms with Crippen LogP contribution in [0.4, 0.5) is 0 Å². The predicted octanol–water partition coefficient (Wildman–Crippen LogP) is 1.54. The summed E-state index contributed by atoms with van der Waals surface area (Å²) in [5, 5.41) is 0. The fourth-order valence-corrected chi connectivity index (χ4v) is 2.22. The molecule has 0 radical (unpaired) electrons. The molecule has 4 nitrogen and oxygen atoms in total. The quantitative estimate of drug-likeness (QED) is 0.591. The van der Waals surface area contributed by atoms with Crippen molar-refractivity contribution in [3.8, 4) is 0 Å². The zero-order chi connectivity index (χ0) is 12.2.